The van der Waals surface area contributed by atoms with E-state index >= 15 is 0 Å². The summed E-state index contributed by atoms with van der Waals surface area (Å²) in [5.74, 6) is -1.77. The minimum Gasteiger partial charge on any atom is -0.478 e. The van der Waals surface area contributed by atoms with Gasteiger partial charge in [-0.2, -0.15) is 0 Å². The Balaban J connectivity index is 1.38. The van der Waals surface area contributed by atoms with Gasteiger partial charge in [0.1, 0.15) is 6.54 Å². The van der Waals surface area contributed by atoms with E-state index in [1.165, 1.54) is 29.2 Å². The number of aromatic nitrogens is 1. The van der Waals surface area contributed by atoms with Gasteiger partial charge in [0.25, 0.3) is 0 Å². The summed E-state index contributed by atoms with van der Waals surface area (Å²) in [7, 11) is 0. The van der Waals surface area contributed by atoms with Gasteiger partial charge < -0.3 is 26.0 Å². The van der Waals surface area contributed by atoms with Gasteiger partial charge in [0.2, 0.25) is 11.8 Å². The van der Waals surface area contributed by atoms with Crippen LogP contribution in [-0.2, 0) is 22.6 Å². The summed E-state index contributed by atoms with van der Waals surface area (Å²) in [6.45, 7) is 1.87. The second-order valence-electron chi connectivity index (χ2n) is 9.31. The Morgan fingerprint density at radius 3 is 2.12 bits per heavy atom. The topological polar surface area (TPSA) is 141 Å². The number of aryl methyl sites for hydroxylation is 1. The summed E-state index contributed by atoms with van der Waals surface area (Å²) >= 11 is 0. The third kappa shape index (κ3) is 8.49. The second-order valence-corrected chi connectivity index (χ2v) is 9.31. The molecule has 0 bridgehead atoms. The van der Waals surface area contributed by atoms with Crippen LogP contribution in [0.3, 0.4) is 0 Å². The van der Waals surface area contributed by atoms with Crippen LogP contribution in [0.5, 0.6) is 0 Å². The zero-order valence-electron chi connectivity index (χ0n) is 22.3. The van der Waals surface area contributed by atoms with Gasteiger partial charge >= 0.3 is 12.0 Å². The lowest BCUT2D eigenvalue weighted by Gasteiger charge is -2.22. The molecular formula is C31H29N5O5. The Kier molecular flexibility index (Phi) is 9.40. The summed E-state index contributed by atoms with van der Waals surface area (Å²) in [4.78, 5) is 55.1. The van der Waals surface area contributed by atoms with Gasteiger partial charge in [-0.3, -0.25) is 14.6 Å². The number of amides is 4. The molecule has 0 spiro atoms. The quantitative estimate of drug-likeness (QED) is 0.220. The van der Waals surface area contributed by atoms with Crippen LogP contribution >= 0.6 is 0 Å². The van der Waals surface area contributed by atoms with E-state index in [4.69, 9.17) is 5.11 Å². The molecule has 0 aliphatic heterocycles. The maximum Gasteiger partial charge on any atom is 0.335 e. The van der Waals surface area contributed by atoms with Crippen molar-refractivity contribution in [1.29, 1.82) is 0 Å². The number of nitrogens with one attached hydrogen (secondary N) is 3. The van der Waals surface area contributed by atoms with Crippen molar-refractivity contribution >= 4 is 40.9 Å². The SMILES string of the molecule is Cc1ccccc1NC(=O)Nc1ccc(CC(=O)N(CC(=O)Nc2ccc(C(=O)O)cc2)Cc2cccnc2)cc1. The van der Waals surface area contributed by atoms with E-state index in [1.807, 2.05) is 37.3 Å². The van der Waals surface area contributed by atoms with Gasteiger partial charge in [-0.1, -0.05) is 36.4 Å². The van der Waals surface area contributed by atoms with Crippen LogP contribution in [0.25, 0.3) is 0 Å². The number of pyridine rings is 1. The molecule has 0 aliphatic carbocycles. The average Bonchev–Trinajstić information content (AvgIpc) is 2.96. The third-order valence-corrected chi connectivity index (χ3v) is 6.16. The molecule has 3 aromatic carbocycles. The maximum atomic E-state index is 13.3. The molecule has 0 fully saturated rings. The number of carboxylic acid groups (broad SMARTS) is 1. The van der Waals surface area contributed by atoms with Gasteiger partial charge in [-0.05, 0) is 72.1 Å². The summed E-state index contributed by atoms with van der Waals surface area (Å²) in [5, 5.41) is 17.3. The monoisotopic (exact) mass is 551 g/mol. The Bertz CT molecular complexity index is 1520. The van der Waals surface area contributed by atoms with E-state index in [9.17, 15) is 19.2 Å². The number of rotatable bonds is 10. The Hall–Kier alpha value is -5.51. The number of benzene rings is 3. The molecule has 0 aliphatic rings. The number of hydrogen-bond acceptors (Lipinski definition) is 5. The normalized spacial score (nSPS) is 10.4. The molecule has 0 atom stereocenters. The number of para-hydroxylation sites is 1. The highest BCUT2D eigenvalue weighted by molar-refractivity contribution is 6.00. The number of nitrogens with zero attached hydrogens (tertiary/aromatic N) is 2. The number of carboxylic acids is 1. The smallest absolute Gasteiger partial charge is 0.335 e. The molecule has 10 heteroatoms. The summed E-state index contributed by atoms with van der Waals surface area (Å²) in [5.41, 5.74) is 4.21. The van der Waals surface area contributed by atoms with Gasteiger partial charge in [-0.25, -0.2) is 9.59 Å². The molecule has 0 radical (unpaired) electrons. The fourth-order valence-corrected chi connectivity index (χ4v) is 4.00. The molecule has 0 saturated heterocycles. The van der Waals surface area contributed by atoms with Crippen LogP contribution < -0.4 is 16.0 Å². The van der Waals surface area contributed by atoms with E-state index in [0.29, 0.717) is 22.6 Å². The van der Waals surface area contributed by atoms with Crippen LogP contribution in [-0.4, -0.2) is 45.3 Å². The second kappa shape index (κ2) is 13.5. The van der Waals surface area contributed by atoms with Gasteiger partial charge in [-0.15, -0.1) is 0 Å². The lowest BCUT2D eigenvalue weighted by atomic mass is 10.1. The fourth-order valence-electron chi connectivity index (χ4n) is 4.00. The fraction of sp³-hybridized carbons (Fsp3) is 0.129. The lowest BCUT2D eigenvalue weighted by Crippen LogP contribution is -2.38. The van der Waals surface area contributed by atoms with E-state index < -0.39 is 11.9 Å². The molecule has 4 amide bonds. The summed E-state index contributed by atoms with van der Waals surface area (Å²) in [6, 6.07) is 23.3. The van der Waals surface area contributed by atoms with E-state index in [2.05, 4.69) is 20.9 Å². The number of aromatic carboxylic acids is 1. The molecular weight excluding hydrogens is 522 g/mol. The third-order valence-electron chi connectivity index (χ3n) is 6.16. The zero-order valence-corrected chi connectivity index (χ0v) is 22.3. The molecule has 1 aromatic heterocycles. The van der Waals surface area contributed by atoms with Gasteiger partial charge in [0.15, 0.2) is 0 Å². The highest BCUT2D eigenvalue weighted by Gasteiger charge is 2.19. The molecule has 0 saturated carbocycles. The average molecular weight is 552 g/mol. The molecule has 41 heavy (non-hydrogen) atoms. The highest BCUT2D eigenvalue weighted by Crippen LogP contribution is 2.16. The van der Waals surface area contributed by atoms with Crippen molar-refractivity contribution in [1.82, 2.24) is 9.88 Å². The van der Waals surface area contributed by atoms with Crippen molar-refractivity contribution in [3.63, 3.8) is 0 Å². The first-order chi connectivity index (χ1) is 19.8. The van der Waals surface area contributed by atoms with Crippen LogP contribution in [0.2, 0.25) is 0 Å². The molecule has 4 aromatic rings. The van der Waals surface area contributed by atoms with Gasteiger partial charge in [0.05, 0.1) is 12.0 Å². The Labute approximate surface area is 237 Å². The summed E-state index contributed by atoms with van der Waals surface area (Å²) in [6.07, 6.45) is 3.29. The standard InChI is InChI=1S/C31H29N5O5/c1-21-5-2-3-7-27(21)35-31(41)34-26-12-8-22(9-13-26)17-29(38)36(19-23-6-4-16-32-18-23)20-28(37)33-25-14-10-24(11-15-25)30(39)40/h2-16,18H,17,19-20H2,1H3,(H,33,37)(H,39,40)(H2,34,35,41). The van der Waals surface area contributed by atoms with E-state index in [1.54, 1.807) is 42.7 Å². The predicted molar refractivity (Wildman–Crippen MR) is 156 cm³/mol. The number of anilines is 3. The first kappa shape index (κ1) is 28.5. The lowest BCUT2D eigenvalue weighted by molar-refractivity contribution is -0.134. The first-order valence-corrected chi connectivity index (χ1v) is 12.8. The maximum absolute atomic E-state index is 13.3. The van der Waals surface area contributed by atoms with Crippen molar-refractivity contribution in [2.75, 3.05) is 22.5 Å². The molecule has 4 N–H and O–H groups in total. The molecule has 10 nitrogen and oxygen atoms in total. The van der Waals surface area contributed by atoms with Crippen molar-refractivity contribution in [2.24, 2.45) is 0 Å². The number of carbonyl (C=O) groups excluding carboxylic acids is 3. The number of hydrogen-bond donors (Lipinski definition) is 4. The van der Waals surface area contributed by atoms with Crippen LogP contribution in [0, 0.1) is 6.92 Å². The van der Waals surface area contributed by atoms with Crippen molar-refractivity contribution in [3.05, 3.63) is 120 Å². The highest BCUT2D eigenvalue weighted by atomic mass is 16.4. The summed E-state index contributed by atoms with van der Waals surface area (Å²) < 4.78 is 0. The van der Waals surface area contributed by atoms with Crippen molar-refractivity contribution in [3.8, 4) is 0 Å². The van der Waals surface area contributed by atoms with Crippen LogP contribution in [0.4, 0.5) is 21.9 Å². The predicted octanol–water partition coefficient (Wildman–Crippen LogP) is 4.94. The zero-order chi connectivity index (χ0) is 29.2. The molecule has 1 heterocycles. The Morgan fingerprint density at radius 2 is 1.46 bits per heavy atom. The number of urea groups is 1. The number of carbonyl (C=O) groups is 4. The van der Waals surface area contributed by atoms with E-state index in [0.717, 1.165) is 11.1 Å². The van der Waals surface area contributed by atoms with Crippen LogP contribution in [0.15, 0.2) is 97.3 Å². The van der Waals surface area contributed by atoms with Gasteiger partial charge in [0, 0.05) is 36.0 Å². The largest absolute Gasteiger partial charge is 0.478 e. The molecule has 0 unspecified atom stereocenters. The minimum atomic E-state index is -1.06. The molecule has 4 rings (SSSR count). The first-order valence-electron chi connectivity index (χ1n) is 12.8. The Morgan fingerprint density at radius 1 is 0.780 bits per heavy atom. The van der Waals surface area contributed by atoms with Crippen molar-refractivity contribution in [2.45, 2.75) is 19.9 Å². The van der Waals surface area contributed by atoms with Crippen LogP contribution in [0.1, 0.15) is 27.0 Å². The molecule has 208 valence electrons. The minimum absolute atomic E-state index is 0.0382. The van der Waals surface area contributed by atoms with E-state index in [-0.39, 0.29) is 37.0 Å². The van der Waals surface area contributed by atoms with Crippen molar-refractivity contribution < 1.29 is 24.3 Å².